The molecular weight excluding hydrogens is 419 g/mol. The summed E-state index contributed by atoms with van der Waals surface area (Å²) >= 11 is 9.58. The zero-order valence-corrected chi connectivity index (χ0v) is 14.7. The van der Waals surface area contributed by atoms with Gasteiger partial charge in [0.25, 0.3) is 0 Å². The van der Waals surface area contributed by atoms with Crippen molar-refractivity contribution < 1.29 is 0 Å². The number of hydrogen-bond acceptors (Lipinski definition) is 5. The number of anilines is 1. The molecule has 0 aliphatic carbocycles. The molecule has 1 aromatic carbocycles. The molecular formula is C14H10ClIN4S. The zero-order chi connectivity index (χ0) is 14.8. The van der Waals surface area contributed by atoms with E-state index < -0.39 is 0 Å². The minimum Gasteiger partial charge on any atom is -0.372 e. The Balaban J connectivity index is 2.20. The number of thiazole rings is 1. The zero-order valence-electron chi connectivity index (χ0n) is 11.0. The summed E-state index contributed by atoms with van der Waals surface area (Å²) in [5.41, 5.74) is 1.93. The highest BCUT2D eigenvalue weighted by molar-refractivity contribution is 14.1. The average Bonchev–Trinajstić information content (AvgIpc) is 2.95. The van der Waals surface area contributed by atoms with Gasteiger partial charge in [-0.2, -0.15) is 0 Å². The van der Waals surface area contributed by atoms with Crippen LogP contribution in [0.25, 0.3) is 22.1 Å². The van der Waals surface area contributed by atoms with Gasteiger partial charge in [-0.3, -0.25) is 0 Å². The summed E-state index contributed by atoms with van der Waals surface area (Å²) in [5, 5.41) is 3.82. The summed E-state index contributed by atoms with van der Waals surface area (Å²) in [7, 11) is 1.85. The van der Waals surface area contributed by atoms with Crippen molar-refractivity contribution in [2.45, 2.75) is 0 Å². The van der Waals surface area contributed by atoms with Crippen molar-refractivity contribution in [2.24, 2.45) is 0 Å². The van der Waals surface area contributed by atoms with Crippen LogP contribution < -0.4 is 5.32 Å². The molecule has 0 radical (unpaired) electrons. The first-order chi connectivity index (χ1) is 10.2. The summed E-state index contributed by atoms with van der Waals surface area (Å²) in [4.78, 5) is 13.4. The summed E-state index contributed by atoms with van der Waals surface area (Å²) in [6.07, 6.45) is 1.62. The van der Waals surface area contributed by atoms with Crippen LogP contribution in [0.1, 0.15) is 0 Å². The molecule has 0 fully saturated rings. The second-order valence-electron chi connectivity index (χ2n) is 4.14. The van der Waals surface area contributed by atoms with Gasteiger partial charge >= 0.3 is 0 Å². The van der Waals surface area contributed by atoms with Gasteiger partial charge in [0.15, 0.2) is 10.8 Å². The number of aromatic nitrogens is 3. The maximum Gasteiger partial charge on any atom is 0.191 e. The molecule has 0 unspecified atom stereocenters. The van der Waals surface area contributed by atoms with Crippen LogP contribution in [0.4, 0.5) is 5.82 Å². The highest BCUT2D eigenvalue weighted by Crippen LogP contribution is 2.32. The fraction of sp³-hybridized carbons (Fsp3) is 0.0714. The van der Waals surface area contributed by atoms with Crippen molar-refractivity contribution in [2.75, 3.05) is 12.4 Å². The van der Waals surface area contributed by atoms with E-state index in [9.17, 15) is 0 Å². The van der Waals surface area contributed by atoms with Gasteiger partial charge in [0, 0.05) is 12.6 Å². The van der Waals surface area contributed by atoms with Crippen LogP contribution in [0.5, 0.6) is 0 Å². The Labute approximate surface area is 144 Å². The molecule has 0 aliphatic rings. The second-order valence-corrected chi connectivity index (χ2v) is 6.88. The van der Waals surface area contributed by atoms with E-state index in [4.69, 9.17) is 11.6 Å². The van der Waals surface area contributed by atoms with Crippen LogP contribution in [0.3, 0.4) is 0 Å². The molecule has 2 heterocycles. The highest BCUT2D eigenvalue weighted by atomic mass is 127. The lowest BCUT2D eigenvalue weighted by Gasteiger charge is -2.10. The van der Waals surface area contributed by atoms with Crippen LogP contribution in [-0.2, 0) is 0 Å². The Kier molecular flexibility index (Phi) is 4.37. The SMILES string of the molecule is CNc1nc(-c2ncc(Cl)s2)nc(-c2ccccc2)c1I. The van der Waals surface area contributed by atoms with E-state index in [2.05, 4.69) is 42.9 Å². The molecule has 7 heteroatoms. The molecule has 3 rings (SSSR count). The van der Waals surface area contributed by atoms with Gasteiger partial charge in [0.05, 0.1) is 15.5 Å². The van der Waals surface area contributed by atoms with Gasteiger partial charge in [-0.15, -0.1) is 0 Å². The largest absolute Gasteiger partial charge is 0.372 e. The molecule has 0 atom stereocenters. The predicted octanol–water partition coefficient (Wildman–Crippen LogP) is 4.57. The minimum absolute atomic E-state index is 0.579. The van der Waals surface area contributed by atoms with E-state index in [1.165, 1.54) is 11.3 Å². The molecule has 3 aromatic rings. The number of nitrogens with one attached hydrogen (secondary N) is 1. The summed E-state index contributed by atoms with van der Waals surface area (Å²) in [6, 6.07) is 10.0. The van der Waals surface area contributed by atoms with Gasteiger partial charge in [-0.1, -0.05) is 53.3 Å². The molecule has 1 N–H and O–H groups in total. The van der Waals surface area contributed by atoms with Gasteiger partial charge in [-0.05, 0) is 22.6 Å². The third kappa shape index (κ3) is 3.02. The van der Waals surface area contributed by atoms with Crippen molar-refractivity contribution in [1.82, 2.24) is 15.0 Å². The van der Waals surface area contributed by atoms with E-state index in [1.807, 2.05) is 37.4 Å². The first kappa shape index (κ1) is 14.7. The third-order valence-electron chi connectivity index (χ3n) is 2.80. The van der Waals surface area contributed by atoms with Crippen LogP contribution in [-0.4, -0.2) is 22.0 Å². The van der Waals surface area contributed by atoms with E-state index in [1.54, 1.807) is 6.20 Å². The van der Waals surface area contributed by atoms with Crippen LogP contribution in [0.15, 0.2) is 36.5 Å². The van der Waals surface area contributed by atoms with Crippen LogP contribution >= 0.6 is 45.5 Å². The fourth-order valence-corrected chi connectivity index (χ4v) is 3.52. The van der Waals surface area contributed by atoms with Crippen molar-refractivity contribution in [3.8, 4) is 22.1 Å². The third-order valence-corrected chi connectivity index (χ3v) is 4.94. The van der Waals surface area contributed by atoms with Crippen molar-refractivity contribution in [3.63, 3.8) is 0 Å². The number of halogens is 2. The van der Waals surface area contributed by atoms with E-state index in [0.717, 1.165) is 20.6 Å². The standard InChI is InChI=1S/C14H10ClIN4S/c1-17-12-10(16)11(8-5-3-2-4-6-8)19-13(20-12)14-18-7-9(15)21-14/h2-7H,1H3,(H,17,19,20). The monoisotopic (exact) mass is 428 g/mol. The van der Waals surface area contributed by atoms with E-state index in [-0.39, 0.29) is 0 Å². The molecule has 4 nitrogen and oxygen atoms in total. The van der Waals surface area contributed by atoms with Crippen molar-refractivity contribution in [1.29, 1.82) is 0 Å². The lowest BCUT2D eigenvalue weighted by Crippen LogP contribution is -2.02. The lowest BCUT2D eigenvalue weighted by molar-refractivity contribution is 1.14. The second kappa shape index (κ2) is 6.25. The molecule has 2 aromatic heterocycles. The molecule has 0 bridgehead atoms. The highest BCUT2D eigenvalue weighted by Gasteiger charge is 2.16. The minimum atomic E-state index is 0.579. The van der Waals surface area contributed by atoms with E-state index >= 15 is 0 Å². The van der Waals surface area contributed by atoms with Gasteiger partial charge in [0.2, 0.25) is 0 Å². The lowest BCUT2D eigenvalue weighted by atomic mass is 10.1. The fourth-order valence-electron chi connectivity index (χ4n) is 1.85. The van der Waals surface area contributed by atoms with Crippen LogP contribution in [0.2, 0.25) is 4.34 Å². The maximum absolute atomic E-state index is 5.96. The van der Waals surface area contributed by atoms with Gasteiger partial charge in [-0.25, -0.2) is 15.0 Å². The molecule has 0 amide bonds. The van der Waals surface area contributed by atoms with Crippen LogP contribution in [0, 0.1) is 3.57 Å². The topological polar surface area (TPSA) is 50.7 Å². The van der Waals surface area contributed by atoms with Gasteiger partial charge < -0.3 is 5.32 Å². The first-order valence-electron chi connectivity index (χ1n) is 6.11. The summed E-state index contributed by atoms with van der Waals surface area (Å²) in [5.74, 6) is 1.36. The Morgan fingerprint density at radius 1 is 1.19 bits per heavy atom. The molecule has 0 aliphatic heterocycles. The number of hydrogen-bond donors (Lipinski definition) is 1. The van der Waals surface area contributed by atoms with E-state index in [0.29, 0.717) is 15.2 Å². The summed E-state index contributed by atoms with van der Waals surface area (Å²) < 4.78 is 1.60. The molecule has 0 saturated carbocycles. The number of benzene rings is 1. The normalized spacial score (nSPS) is 10.6. The maximum atomic E-state index is 5.96. The first-order valence-corrected chi connectivity index (χ1v) is 8.39. The Bertz CT molecular complexity index is 776. The van der Waals surface area contributed by atoms with Crippen molar-refractivity contribution in [3.05, 3.63) is 44.4 Å². The predicted molar refractivity (Wildman–Crippen MR) is 95.8 cm³/mol. The Morgan fingerprint density at radius 2 is 1.95 bits per heavy atom. The number of rotatable bonds is 3. The number of nitrogens with zero attached hydrogens (tertiary/aromatic N) is 3. The Morgan fingerprint density at radius 3 is 2.57 bits per heavy atom. The molecule has 0 saturated heterocycles. The summed E-state index contributed by atoms with van der Waals surface area (Å²) in [6.45, 7) is 0. The smallest absolute Gasteiger partial charge is 0.191 e. The molecule has 106 valence electrons. The van der Waals surface area contributed by atoms with Gasteiger partial charge in [0.1, 0.15) is 10.2 Å². The molecule has 0 spiro atoms. The average molecular weight is 429 g/mol. The quantitative estimate of drug-likeness (QED) is 0.621. The van der Waals surface area contributed by atoms with Crippen molar-refractivity contribution >= 4 is 51.3 Å². The Hall–Kier alpha value is -1.25. The molecule has 21 heavy (non-hydrogen) atoms.